The number of nitriles is 1. The Balaban J connectivity index is 1.92. The van der Waals surface area contributed by atoms with E-state index in [4.69, 9.17) is 0 Å². The molecule has 4 aromatic rings. The number of sulfone groups is 1. The molecule has 0 fully saturated rings. The zero-order chi connectivity index (χ0) is 31.2. The lowest BCUT2D eigenvalue weighted by Crippen LogP contribution is -2.29. The van der Waals surface area contributed by atoms with Crippen molar-refractivity contribution in [3.63, 3.8) is 0 Å². The van der Waals surface area contributed by atoms with E-state index in [1.165, 1.54) is 18.2 Å². The van der Waals surface area contributed by atoms with Crippen LogP contribution in [0.15, 0.2) is 76.4 Å². The molecule has 4 rings (SSSR count). The van der Waals surface area contributed by atoms with E-state index in [1.807, 2.05) is 0 Å². The molecule has 218 valence electrons. The summed E-state index contributed by atoms with van der Waals surface area (Å²) in [6, 6.07) is 10.9. The van der Waals surface area contributed by atoms with E-state index in [-0.39, 0.29) is 22.3 Å². The zero-order valence-electron chi connectivity index (χ0n) is 21.1. The second-order valence-electron chi connectivity index (χ2n) is 9.15. The Bertz CT molecular complexity index is 1900. The van der Waals surface area contributed by atoms with Gasteiger partial charge in [-0.25, -0.2) is 17.2 Å². The van der Waals surface area contributed by atoms with Crippen molar-refractivity contribution in [2.24, 2.45) is 0 Å². The molecule has 0 saturated heterocycles. The molecular weight excluding hydrogens is 596 g/mol. The third-order valence-electron chi connectivity index (χ3n) is 6.24. The molecule has 3 aromatic carbocycles. The Morgan fingerprint density at radius 3 is 1.95 bits per heavy atom. The largest absolute Gasteiger partial charge is 0.417 e. The lowest BCUT2D eigenvalue weighted by molar-refractivity contribution is -0.138. The lowest BCUT2D eigenvalue weighted by Gasteiger charge is -2.18. The highest BCUT2D eigenvalue weighted by atomic mass is 32.2. The van der Waals surface area contributed by atoms with Gasteiger partial charge in [0, 0.05) is 17.9 Å². The van der Waals surface area contributed by atoms with Gasteiger partial charge in [-0.3, -0.25) is 4.79 Å². The Morgan fingerprint density at radius 1 is 0.810 bits per heavy atom. The van der Waals surface area contributed by atoms with E-state index in [0.717, 1.165) is 36.6 Å². The average molecular weight is 612 g/mol. The van der Waals surface area contributed by atoms with Gasteiger partial charge in [-0.05, 0) is 47.0 Å². The summed E-state index contributed by atoms with van der Waals surface area (Å²) in [5.41, 5.74) is -6.39. The molecule has 0 N–H and O–H groups in total. The molecule has 0 radical (unpaired) electrons. The van der Waals surface area contributed by atoms with Crippen LogP contribution in [0.2, 0.25) is 0 Å². The van der Waals surface area contributed by atoms with Gasteiger partial charge in [0.25, 0.3) is 5.56 Å². The molecular formula is C28H16F8N2O3S. The van der Waals surface area contributed by atoms with Crippen molar-refractivity contribution < 1.29 is 43.5 Å². The number of pyridine rings is 1. The van der Waals surface area contributed by atoms with Crippen molar-refractivity contribution in [1.82, 2.24) is 4.57 Å². The summed E-state index contributed by atoms with van der Waals surface area (Å²) in [6.07, 6.45) is -9.31. The molecule has 5 nitrogen and oxygen atoms in total. The number of alkyl halides is 6. The number of halogens is 8. The molecule has 42 heavy (non-hydrogen) atoms. The number of benzene rings is 3. The molecule has 0 saturated carbocycles. The van der Waals surface area contributed by atoms with Gasteiger partial charge in [0.1, 0.15) is 23.3 Å². The monoisotopic (exact) mass is 612 g/mol. The van der Waals surface area contributed by atoms with Crippen LogP contribution in [0, 0.1) is 23.0 Å². The van der Waals surface area contributed by atoms with E-state index in [1.54, 1.807) is 0 Å². The fourth-order valence-electron chi connectivity index (χ4n) is 4.17. The Labute approximate surface area is 232 Å². The molecule has 0 spiro atoms. The van der Waals surface area contributed by atoms with E-state index >= 15 is 0 Å². The van der Waals surface area contributed by atoms with Crippen LogP contribution >= 0.6 is 0 Å². The molecule has 0 unspecified atom stereocenters. The SMILES string of the molecule is CS(=O)(=O)c1cc(-c2ccc(-c3cc(C(F)(F)F)c(C#N)c(=O)n3Cc3ccc(F)cc3F)cc2)cc(C(F)(F)F)c1. The van der Waals surface area contributed by atoms with Crippen LogP contribution in [0.1, 0.15) is 22.3 Å². The van der Waals surface area contributed by atoms with Gasteiger partial charge in [-0.1, -0.05) is 30.3 Å². The van der Waals surface area contributed by atoms with Crippen LogP contribution in [0.5, 0.6) is 0 Å². The van der Waals surface area contributed by atoms with Crippen molar-refractivity contribution in [3.8, 4) is 28.5 Å². The van der Waals surface area contributed by atoms with Crippen LogP contribution in [-0.4, -0.2) is 19.2 Å². The van der Waals surface area contributed by atoms with Crippen LogP contribution in [-0.2, 0) is 28.7 Å². The number of nitrogens with zero attached hydrogens (tertiary/aromatic N) is 2. The maximum atomic E-state index is 14.4. The van der Waals surface area contributed by atoms with Crippen molar-refractivity contribution >= 4 is 9.84 Å². The zero-order valence-corrected chi connectivity index (χ0v) is 21.9. The predicted octanol–water partition coefficient (Wildman–Crippen LogP) is 6.82. The summed E-state index contributed by atoms with van der Waals surface area (Å²) >= 11 is 0. The van der Waals surface area contributed by atoms with E-state index in [2.05, 4.69) is 0 Å². The molecule has 0 aliphatic carbocycles. The maximum absolute atomic E-state index is 14.4. The molecule has 14 heteroatoms. The second kappa shape index (κ2) is 10.7. The van der Waals surface area contributed by atoms with Gasteiger partial charge >= 0.3 is 12.4 Å². The third-order valence-corrected chi connectivity index (χ3v) is 7.33. The molecule has 0 bridgehead atoms. The van der Waals surface area contributed by atoms with Gasteiger partial charge in [0.05, 0.1) is 28.3 Å². The standard InChI is InChI=1S/C28H16F8N2O3S/c1-42(40,41)21-9-18(8-19(10-21)27(31,32)33)15-2-4-16(5-3-15)25-12-23(28(34,35)36)22(13-37)26(39)38(25)14-17-6-7-20(29)11-24(17)30/h2-12H,14H2,1H3. The van der Waals surface area contributed by atoms with E-state index in [0.29, 0.717) is 28.8 Å². The topological polar surface area (TPSA) is 79.9 Å². The number of hydrogen-bond donors (Lipinski definition) is 0. The van der Waals surface area contributed by atoms with Crippen LogP contribution in [0.3, 0.4) is 0 Å². The normalized spacial score (nSPS) is 12.3. The first-order valence-electron chi connectivity index (χ1n) is 11.6. The summed E-state index contributed by atoms with van der Waals surface area (Å²) in [5.74, 6) is -2.05. The minimum Gasteiger partial charge on any atom is -0.303 e. The predicted molar refractivity (Wildman–Crippen MR) is 135 cm³/mol. The Hall–Kier alpha value is -4.51. The first-order valence-corrected chi connectivity index (χ1v) is 13.5. The highest BCUT2D eigenvalue weighted by Gasteiger charge is 2.37. The lowest BCUT2D eigenvalue weighted by atomic mass is 9.99. The van der Waals surface area contributed by atoms with Gasteiger partial charge in [-0.2, -0.15) is 31.6 Å². The minimum absolute atomic E-state index is 0.0536. The fourth-order valence-corrected chi connectivity index (χ4v) is 4.85. The van der Waals surface area contributed by atoms with Crippen molar-refractivity contribution in [2.75, 3.05) is 6.26 Å². The van der Waals surface area contributed by atoms with Gasteiger partial charge in [-0.15, -0.1) is 0 Å². The molecule has 0 atom stereocenters. The van der Waals surface area contributed by atoms with Crippen molar-refractivity contribution in [1.29, 1.82) is 5.26 Å². The molecule has 1 aromatic heterocycles. The summed E-state index contributed by atoms with van der Waals surface area (Å²) in [5, 5.41) is 9.32. The van der Waals surface area contributed by atoms with Crippen molar-refractivity contribution in [2.45, 2.75) is 23.8 Å². The molecule has 0 aliphatic heterocycles. The van der Waals surface area contributed by atoms with Gasteiger partial charge < -0.3 is 4.57 Å². The average Bonchev–Trinajstić information content (AvgIpc) is 2.89. The van der Waals surface area contributed by atoms with Crippen molar-refractivity contribution in [3.05, 3.63) is 111 Å². The molecule has 0 aliphatic rings. The quantitative estimate of drug-likeness (QED) is 0.232. The summed E-state index contributed by atoms with van der Waals surface area (Å²) < 4.78 is 134. The van der Waals surface area contributed by atoms with E-state index in [9.17, 15) is 53.6 Å². The first-order chi connectivity index (χ1) is 19.4. The van der Waals surface area contributed by atoms with Gasteiger partial charge in [0.2, 0.25) is 0 Å². The van der Waals surface area contributed by atoms with Crippen LogP contribution < -0.4 is 5.56 Å². The second-order valence-corrected chi connectivity index (χ2v) is 11.2. The van der Waals surface area contributed by atoms with Crippen LogP contribution in [0.25, 0.3) is 22.4 Å². The summed E-state index contributed by atoms with van der Waals surface area (Å²) in [6.45, 7) is -0.694. The van der Waals surface area contributed by atoms with E-state index < -0.39 is 73.2 Å². The number of rotatable bonds is 5. The van der Waals surface area contributed by atoms with Crippen LogP contribution in [0.4, 0.5) is 35.1 Å². The smallest absolute Gasteiger partial charge is 0.303 e. The minimum atomic E-state index is -5.14. The fraction of sp³-hybridized carbons (Fsp3) is 0.143. The number of hydrogen-bond acceptors (Lipinski definition) is 4. The van der Waals surface area contributed by atoms with Gasteiger partial charge in [0.15, 0.2) is 9.84 Å². The summed E-state index contributed by atoms with van der Waals surface area (Å²) in [4.78, 5) is 12.5. The third kappa shape index (κ3) is 6.20. The maximum Gasteiger partial charge on any atom is 0.417 e. The Morgan fingerprint density at radius 2 is 1.43 bits per heavy atom. The molecule has 1 heterocycles. The highest BCUT2D eigenvalue weighted by molar-refractivity contribution is 7.90. The molecule has 0 amide bonds. The number of aromatic nitrogens is 1. The highest BCUT2D eigenvalue weighted by Crippen LogP contribution is 2.37. The first kappa shape index (κ1) is 30.4. The summed E-state index contributed by atoms with van der Waals surface area (Å²) in [7, 11) is -4.06. The Kier molecular flexibility index (Phi) is 7.77.